The van der Waals surface area contributed by atoms with Crippen molar-refractivity contribution in [1.29, 1.82) is 0 Å². The van der Waals surface area contributed by atoms with Crippen LogP contribution in [0.4, 0.5) is 0 Å². The fraction of sp³-hybridized carbons (Fsp3) is 0.647. The van der Waals surface area contributed by atoms with E-state index in [4.69, 9.17) is 0 Å². The van der Waals surface area contributed by atoms with Gasteiger partial charge in [0.15, 0.2) is 0 Å². The van der Waals surface area contributed by atoms with Gasteiger partial charge in [0, 0.05) is 12.6 Å². The second kappa shape index (κ2) is 6.06. The minimum absolute atomic E-state index is 0.183. The molecule has 0 bridgehead atoms. The van der Waals surface area contributed by atoms with Gasteiger partial charge in [0.25, 0.3) is 0 Å². The fourth-order valence-corrected chi connectivity index (χ4v) is 2.69. The minimum Gasteiger partial charge on any atom is -0.392 e. The molecule has 0 aromatic heterocycles. The lowest BCUT2D eigenvalue weighted by Crippen LogP contribution is -2.33. The van der Waals surface area contributed by atoms with E-state index in [1.807, 2.05) is 0 Å². The number of aliphatic hydroxyl groups is 1. The molecule has 2 nitrogen and oxygen atoms in total. The molecule has 1 aliphatic carbocycles. The van der Waals surface area contributed by atoms with Gasteiger partial charge in [-0.2, -0.15) is 0 Å². The summed E-state index contributed by atoms with van der Waals surface area (Å²) in [5.41, 5.74) is 1.54. The van der Waals surface area contributed by atoms with Crippen molar-refractivity contribution in [2.45, 2.75) is 52.2 Å². The van der Waals surface area contributed by atoms with E-state index in [0.29, 0.717) is 12.6 Å². The van der Waals surface area contributed by atoms with Crippen LogP contribution in [0.3, 0.4) is 0 Å². The topological polar surface area (TPSA) is 32.3 Å². The van der Waals surface area contributed by atoms with Crippen molar-refractivity contribution in [3.63, 3.8) is 0 Å². The van der Waals surface area contributed by atoms with Crippen LogP contribution in [0.15, 0.2) is 30.3 Å². The Hall–Kier alpha value is -0.860. The molecule has 1 saturated carbocycles. The highest BCUT2D eigenvalue weighted by molar-refractivity contribution is 5.21. The van der Waals surface area contributed by atoms with E-state index in [9.17, 15) is 5.11 Å². The summed E-state index contributed by atoms with van der Waals surface area (Å²) in [6.45, 7) is 7.21. The molecule has 0 heterocycles. The number of hydrogen-bond donors (Lipinski definition) is 2. The summed E-state index contributed by atoms with van der Waals surface area (Å²) >= 11 is 0. The standard InChI is InChI=1S/C17H27NO/c1-17(2,3)11-15(19)12-18-16(14-9-10-14)13-7-5-4-6-8-13/h4-8,14-16,18-19H,9-12H2,1-3H3. The first-order valence-corrected chi connectivity index (χ1v) is 7.42. The van der Waals surface area contributed by atoms with Gasteiger partial charge in [-0.05, 0) is 36.2 Å². The summed E-state index contributed by atoms with van der Waals surface area (Å²) in [5.74, 6) is 0.754. The lowest BCUT2D eigenvalue weighted by molar-refractivity contribution is 0.115. The molecular weight excluding hydrogens is 234 g/mol. The Morgan fingerprint density at radius 3 is 2.37 bits per heavy atom. The molecule has 2 atom stereocenters. The molecule has 1 fully saturated rings. The normalized spacial score (nSPS) is 19.2. The molecule has 106 valence electrons. The molecule has 0 spiro atoms. The van der Waals surface area contributed by atoms with Crippen molar-refractivity contribution in [3.05, 3.63) is 35.9 Å². The second-order valence-corrected chi connectivity index (χ2v) is 7.05. The smallest absolute Gasteiger partial charge is 0.0669 e. The van der Waals surface area contributed by atoms with Gasteiger partial charge in [0.1, 0.15) is 0 Å². The molecule has 1 aromatic carbocycles. The van der Waals surface area contributed by atoms with Crippen LogP contribution in [0.25, 0.3) is 0 Å². The zero-order chi connectivity index (χ0) is 13.9. The van der Waals surface area contributed by atoms with Crippen LogP contribution >= 0.6 is 0 Å². The molecule has 0 amide bonds. The van der Waals surface area contributed by atoms with Gasteiger partial charge < -0.3 is 10.4 Å². The molecule has 1 aromatic rings. The third kappa shape index (κ3) is 4.96. The Labute approximate surface area is 117 Å². The van der Waals surface area contributed by atoms with Crippen LogP contribution in [-0.4, -0.2) is 17.8 Å². The SMILES string of the molecule is CC(C)(C)CC(O)CNC(c1ccccc1)C1CC1. The third-order valence-electron chi connectivity index (χ3n) is 3.67. The number of rotatable bonds is 6. The summed E-state index contributed by atoms with van der Waals surface area (Å²) in [4.78, 5) is 0. The first-order chi connectivity index (χ1) is 8.96. The Bertz CT molecular complexity index is 378. The van der Waals surface area contributed by atoms with Crippen LogP contribution in [0.1, 0.15) is 51.6 Å². The van der Waals surface area contributed by atoms with Gasteiger partial charge in [0.05, 0.1) is 6.10 Å². The zero-order valence-corrected chi connectivity index (χ0v) is 12.4. The van der Waals surface area contributed by atoms with E-state index in [0.717, 1.165) is 12.3 Å². The summed E-state index contributed by atoms with van der Waals surface area (Å²) in [7, 11) is 0. The molecule has 1 aliphatic rings. The average molecular weight is 261 g/mol. The van der Waals surface area contributed by atoms with Crippen molar-refractivity contribution < 1.29 is 5.11 Å². The maximum Gasteiger partial charge on any atom is 0.0669 e. The molecule has 2 unspecified atom stereocenters. The van der Waals surface area contributed by atoms with E-state index >= 15 is 0 Å². The van der Waals surface area contributed by atoms with E-state index < -0.39 is 0 Å². The van der Waals surface area contributed by atoms with Crippen molar-refractivity contribution in [1.82, 2.24) is 5.32 Å². The minimum atomic E-state index is -0.259. The Balaban J connectivity index is 1.88. The molecule has 0 radical (unpaired) electrons. The van der Waals surface area contributed by atoms with Crippen LogP contribution in [-0.2, 0) is 0 Å². The zero-order valence-electron chi connectivity index (χ0n) is 12.4. The fourth-order valence-electron chi connectivity index (χ4n) is 2.69. The van der Waals surface area contributed by atoms with Crippen molar-refractivity contribution in [2.24, 2.45) is 11.3 Å². The van der Waals surface area contributed by atoms with E-state index in [1.165, 1.54) is 18.4 Å². The quantitative estimate of drug-likeness (QED) is 0.821. The molecule has 19 heavy (non-hydrogen) atoms. The van der Waals surface area contributed by atoms with Crippen LogP contribution in [0.5, 0.6) is 0 Å². The second-order valence-electron chi connectivity index (χ2n) is 7.05. The van der Waals surface area contributed by atoms with E-state index in [-0.39, 0.29) is 11.5 Å². The monoisotopic (exact) mass is 261 g/mol. The predicted molar refractivity (Wildman–Crippen MR) is 80.0 cm³/mol. The Kier molecular flexibility index (Phi) is 4.64. The largest absolute Gasteiger partial charge is 0.392 e. The number of benzene rings is 1. The van der Waals surface area contributed by atoms with Crippen molar-refractivity contribution >= 4 is 0 Å². The lowest BCUT2D eigenvalue weighted by Gasteiger charge is -2.25. The Morgan fingerprint density at radius 2 is 1.84 bits per heavy atom. The van der Waals surface area contributed by atoms with Crippen molar-refractivity contribution in [3.8, 4) is 0 Å². The summed E-state index contributed by atoms with van der Waals surface area (Å²) < 4.78 is 0. The van der Waals surface area contributed by atoms with E-state index in [1.54, 1.807) is 0 Å². The van der Waals surface area contributed by atoms with Crippen molar-refractivity contribution in [2.75, 3.05) is 6.54 Å². The maximum atomic E-state index is 10.1. The predicted octanol–water partition coefficient (Wildman–Crippen LogP) is 3.52. The summed E-state index contributed by atoms with van der Waals surface area (Å²) in [5, 5.41) is 13.7. The number of hydrogen-bond acceptors (Lipinski definition) is 2. The molecule has 0 saturated heterocycles. The average Bonchev–Trinajstić information content (AvgIpc) is 3.13. The summed E-state index contributed by atoms with van der Waals surface area (Å²) in [6.07, 6.45) is 3.20. The van der Waals surface area contributed by atoms with Crippen LogP contribution in [0, 0.1) is 11.3 Å². The highest BCUT2D eigenvalue weighted by Gasteiger charge is 2.32. The third-order valence-corrected chi connectivity index (χ3v) is 3.67. The highest BCUT2D eigenvalue weighted by atomic mass is 16.3. The molecule has 2 heteroatoms. The van der Waals surface area contributed by atoms with Crippen LogP contribution in [0.2, 0.25) is 0 Å². The van der Waals surface area contributed by atoms with Gasteiger partial charge >= 0.3 is 0 Å². The molecular formula is C17H27NO. The number of aliphatic hydroxyl groups excluding tert-OH is 1. The summed E-state index contributed by atoms with van der Waals surface area (Å²) in [6, 6.07) is 11.0. The highest BCUT2D eigenvalue weighted by Crippen LogP contribution is 2.40. The van der Waals surface area contributed by atoms with Gasteiger partial charge in [-0.25, -0.2) is 0 Å². The van der Waals surface area contributed by atoms with Gasteiger partial charge in [0.2, 0.25) is 0 Å². The van der Waals surface area contributed by atoms with Gasteiger partial charge in [-0.15, -0.1) is 0 Å². The van der Waals surface area contributed by atoms with Gasteiger partial charge in [-0.3, -0.25) is 0 Å². The maximum absolute atomic E-state index is 10.1. The Morgan fingerprint density at radius 1 is 1.21 bits per heavy atom. The first kappa shape index (κ1) is 14.5. The first-order valence-electron chi connectivity index (χ1n) is 7.42. The molecule has 2 N–H and O–H groups in total. The van der Waals surface area contributed by atoms with E-state index in [2.05, 4.69) is 56.4 Å². The molecule has 0 aliphatic heterocycles. The molecule has 2 rings (SSSR count). The lowest BCUT2D eigenvalue weighted by atomic mass is 9.89. The van der Waals surface area contributed by atoms with Crippen LogP contribution < -0.4 is 5.32 Å². The number of nitrogens with one attached hydrogen (secondary N) is 1. The van der Waals surface area contributed by atoms with Gasteiger partial charge in [-0.1, -0.05) is 51.1 Å².